The minimum absolute atomic E-state index is 0.0555. The summed E-state index contributed by atoms with van der Waals surface area (Å²) in [5.41, 5.74) is 8.44. The van der Waals surface area contributed by atoms with E-state index < -0.39 is 60.2 Å². The van der Waals surface area contributed by atoms with Gasteiger partial charge in [0.15, 0.2) is 0 Å². The second-order valence-corrected chi connectivity index (χ2v) is 11.1. The van der Waals surface area contributed by atoms with Crippen molar-refractivity contribution >= 4 is 40.6 Å². The number of rotatable bonds is 16. The molecule has 0 saturated carbocycles. The van der Waals surface area contributed by atoms with E-state index >= 15 is 0 Å². The Balaban J connectivity index is 1.82. The van der Waals surface area contributed by atoms with E-state index in [-0.39, 0.29) is 37.4 Å². The Morgan fingerprint density at radius 3 is 2.07 bits per heavy atom. The van der Waals surface area contributed by atoms with Crippen molar-refractivity contribution in [1.29, 1.82) is 0 Å². The molecule has 13 nitrogen and oxygen atoms in total. The minimum atomic E-state index is -1.47. The average molecular weight is 610 g/mol. The van der Waals surface area contributed by atoms with E-state index in [1.807, 2.05) is 38.1 Å². The molecule has 4 atom stereocenters. The van der Waals surface area contributed by atoms with Crippen LogP contribution in [0.25, 0.3) is 10.9 Å². The molecule has 236 valence electrons. The maximum Gasteiger partial charge on any atom is 0.326 e. The van der Waals surface area contributed by atoms with Gasteiger partial charge in [-0.15, -0.1) is 0 Å². The number of carbonyl (C=O) groups is 5. The van der Waals surface area contributed by atoms with Crippen LogP contribution in [0.15, 0.2) is 54.7 Å². The Kier molecular flexibility index (Phi) is 11.9. The lowest BCUT2D eigenvalue weighted by Gasteiger charge is -2.26. The fourth-order valence-corrected chi connectivity index (χ4v) is 4.76. The van der Waals surface area contributed by atoms with E-state index in [0.717, 1.165) is 16.5 Å². The normalized spacial score (nSPS) is 13.9. The Hall–Kier alpha value is -4.91. The number of para-hydroxylation sites is 1. The zero-order chi connectivity index (χ0) is 32.4. The van der Waals surface area contributed by atoms with Crippen molar-refractivity contribution in [3.05, 3.63) is 65.9 Å². The molecule has 2 aromatic carbocycles. The molecular formula is C31H39N5O8. The predicted molar refractivity (Wildman–Crippen MR) is 162 cm³/mol. The first-order valence-electron chi connectivity index (χ1n) is 14.3. The predicted octanol–water partition coefficient (Wildman–Crippen LogP) is 1.44. The van der Waals surface area contributed by atoms with E-state index in [2.05, 4.69) is 20.9 Å². The molecule has 3 rings (SSSR count). The van der Waals surface area contributed by atoms with Gasteiger partial charge in [0.2, 0.25) is 17.7 Å². The first-order chi connectivity index (χ1) is 20.8. The molecule has 0 saturated heterocycles. The minimum Gasteiger partial charge on any atom is -0.508 e. The zero-order valence-corrected chi connectivity index (χ0v) is 24.6. The molecule has 0 aliphatic carbocycles. The van der Waals surface area contributed by atoms with E-state index in [4.69, 9.17) is 10.8 Å². The number of hydrogen-bond donors (Lipinski definition) is 8. The summed E-state index contributed by atoms with van der Waals surface area (Å²) in [7, 11) is 0. The van der Waals surface area contributed by atoms with Crippen LogP contribution >= 0.6 is 0 Å². The average Bonchev–Trinajstić information content (AvgIpc) is 3.37. The van der Waals surface area contributed by atoms with Crippen LogP contribution in [0.1, 0.15) is 44.2 Å². The summed E-state index contributed by atoms with van der Waals surface area (Å²) in [5, 5.41) is 36.5. The van der Waals surface area contributed by atoms with Gasteiger partial charge in [0.05, 0.1) is 6.04 Å². The number of aliphatic carboxylic acids is 2. The zero-order valence-electron chi connectivity index (χ0n) is 24.6. The van der Waals surface area contributed by atoms with E-state index in [1.54, 1.807) is 18.3 Å². The number of carboxylic acids is 2. The van der Waals surface area contributed by atoms with Crippen LogP contribution in [0.4, 0.5) is 0 Å². The summed E-state index contributed by atoms with van der Waals surface area (Å²) in [4.78, 5) is 65.9. The lowest BCUT2D eigenvalue weighted by atomic mass is 9.99. The monoisotopic (exact) mass is 609 g/mol. The van der Waals surface area contributed by atoms with Crippen molar-refractivity contribution in [2.75, 3.05) is 0 Å². The third kappa shape index (κ3) is 9.83. The highest BCUT2D eigenvalue weighted by Gasteiger charge is 2.31. The molecule has 13 heteroatoms. The Morgan fingerprint density at radius 2 is 1.43 bits per heavy atom. The Labute approximate surface area is 254 Å². The second kappa shape index (κ2) is 15.5. The van der Waals surface area contributed by atoms with Gasteiger partial charge < -0.3 is 42.0 Å². The molecule has 0 aliphatic heterocycles. The summed E-state index contributed by atoms with van der Waals surface area (Å²) in [6.07, 6.45) is 1.26. The Morgan fingerprint density at radius 1 is 0.818 bits per heavy atom. The number of aromatic nitrogens is 1. The SMILES string of the molecule is CC(C)CC(NC(=O)C(Cc1c[nH]c2ccccc12)NC(=O)C(N)Cc1ccc(O)cc1)C(=O)NC(CCC(=O)O)C(=O)O. The van der Waals surface area contributed by atoms with Gasteiger partial charge in [-0.1, -0.05) is 44.2 Å². The summed E-state index contributed by atoms with van der Waals surface area (Å²) >= 11 is 0. The lowest BCUT2D eigenvalue weighted by molar-refractivity contribution is -0.143. The third-order valence-electron chi connectivity index (χ3n) is 7.06. The topological polar surface area (TPSA) is 224 Å². The number of fused-ring (bicyclic) bond motifs is 1. The second-order valence-electron chi connectivity index (χ2n) is 11.1. The molecule has 0 fully saturated rings. The number of hydrogen-bond acceptors (Lipinski definition) is 7. The maximum atomic E-state index is 13.7. The molecule has 3 aromatic rings. The fourth-order valence-electron chi connectivity index (χ4n) is 4.76. The molecule has 44 heavy (non-hydrogen) atoms. The molecule has 1 aromatic heterocycles. The summed E-state index contributed by atoms with van der Waals surface area (Å²) in [6, 6.07) is 8.83. The number of phenols is 1. The number of phenolic OH excluding ortho intramolecular Hbond substituents is 1. The number of carbonyl (C=O) groups excluding carboxylic acids is 3. The van der Waals surface area contributed by atoms with Crippen molar-refractivity contribution in [3.8, 4) is 5.75 Å². The van der Waals surface area contributed by atoms with Crippen molar-refractivity contribution < 1.29 is 39.3 Å². The van der Waals surface area contributed by atoms with Crippen molar-refractivity contribution in [2.24, 2.45) is 11.7 Å². The van der Waals surface area contributed by atoms with Crippen LogP contribution in [-0.2, 0) is 36.8 Å². The van der Waals surface area contributed by atoms with Crippen LogP contribution in [0.3, 0.4) is 0 Å². The van der Waals surface area contributed by atoms with E-state index in [1.165, 1.54) is 12.1 Å². The quantitative estimate of drug-likeness (QED) is 0.117. The third-order valence-corrected chi connectivity index (χ3v) is 7.06. The van der Waals surface area contributed by atoms with Gasteiger partial charge in [0.25, 0.3) is 0 Å². The molecule has 0 aliphatic rings. The molecule has 9 N–H and O–H groups in total. The standard InChI is InChI=1S/C31H39N5O8/c1-17(2)13-25(29(41)34-24(31(43)44)11-12-27(38)39)36-30(42)26(15-19-16-33-23-6-4-3-5-21(19)23)35-28(40)22(32)14-18-7-9-20(37)10-8-18/h3-10,16-17,22,24-26,33,37H,11-15,32H2,1-2H3,(H,34,41)(H,35,40)(H,36,42)(H,38,39)(H,43,44). The highest BCUT2D eigenvalue weighted by Crippen LogP contribution is 2.20. The molecule has 4 unspecified atom stereocenters. The van der Waals surface area contributed by atoms with Gasteiger partial charge in [-0.05, 0) is 54.5 Å². The van der Waals surface area contributed by atoms with Crippen LogP contribution < -0.4 is 21.7 Å². The van der Waals surface area contributed by atoms with Crippen LogP contribution in [0.5, 0.6) is 5.75 Å². The van der Waals surface area contributed by atoms with Gasteiger partial charge in [-0.2, -0.15) is 0 Å². The van der Waals surface area contributed by atoms with Crippen LogP contribution in [-0.4, -0.2) is 74.1 Å². The largest absolute Gasteiger partial charge is 0.508 e. The molecule has 0 radical (unpaired) electrons. The molecule has 0 spiro atoms. The van der Waals surface area contributed by atoms with Crippen molar-refractivity contribution in [3.63, 3.8) is 0 Å². The number of nitrogens with two attached hydrogens (primary N) is 1. The number of H-pyrrole nitrogens is 1. The number of nitrogens with one attached hydrogen (secondary N) is 4. The van der Waals surface area contributed by atoms with Crippen molar-refractivity contribution in [1.82, 2.24) is 20.9 Å². The smallest absolute Gasteiger partial charge is 0.326 e. The van der Waals surface area contributed by atoms with Gasteiger partial charge in [0.1, 0.15) is 23.9 Å². The first-order valence-corrected chi connectivity index (χ1v) is 14.3. The molecule has 1 heterocycles. The summed E-state index contributed by atoms with van der Waals surface area (Å²) in [5.74, 6) is -4.71. The summed E-state index contributed by atoms with van der Waals surface area (Å²) in [6.45, 7) is 3.64. The van der Waals surface area contributed by atoms with Gasteiger partial charge in [0, 0.05) is 29.9 Å². The van der Waals surface area contributed by atoms with Gasteiger partial charge >= 0.3 is 11.9 Å². The van der Waals surface area contributed by atoms with Gasteiger partial charge in [-0.3, -0.25) is 19.2 Å². The molecular weight excluding hydrogens is 570 g/mol. The van der Waals surface area contributed by atoms with Gasteiger partial charge in [-0.25, -0.2) is 4.79 Å². The maximum absolute atomic E-state index is 13.7. The fraction of sp³-hybridized carbons (Fsp3) is 0.387. The number of benzene rings is 2. The lowest BCUT2D eigenvalue weighted by Crippen LogP contribution is -2.58. The molecule has 3 amide bonds. The van der Waals surface area contributed by atoms with Crippen molar-refractivity contribution in [2.45, 2.75) is 70.1 Å². The number of aromatic amines is 1. The van der Waals surface area contributed by atoms with E-state index in [0.29, 0.717) is 5.56 Å². The number of amides is 3. The summed E-state index contributed by atoms with van der Waals surface area (Å²) < 4.78 is 0. The first kappa shape index (κ1) is 33.6. The van der Waals surface area contributed by atoms with Crippen LogP contribution in [0, 0.1) is 5.92 Å². The Bertz CT molecular complexity index is 1470. The van der Waals surface area contributed by atoms with Crippen LogP contribution in [0.2, 0.25) is 0 Å². The molecule has 0 bridgehead atoms. The highest BCUT2D eigenvalue weighted by atomic mass is 16.4. The highest BCUT2D eigenvalue weighted by molar-refractivity contribution is 5.95. The van der Waals surface area contributed by atoms with E-state index in [9.17, 15) is 34.2 Å². The number of aromatic hydroxyl groups is 1. The number of carboxylic acid groups (broad SMARTS) is 2.